The molecule has 3 heteroatoms. The van der Waals surface area contributed by atoms with E-state index in [1.54, 1.807) is 12.1 Å². The number of nitrogens with two attached hydrogens (primary N) is 1. The van der Waals surface area contributed by atoms with Gasteiger partial charge in [0.05, 0.1) is 0 Å². The predicted octanol–water partition coefficient (Wildman–Crippen LogP) is 1.94. The Balaban J connectivity index is 2.16. The van der Waals surface area contributed by atoms with E-state index < -0.39 is 0 Å². The first kappa shape index (κ1) is 9.87. The van der Waals surface area contributed by atoms with E-state index in [1.165, 1.54) is 11.3 Å². The van der Waals surface area contributed by atoms with Crippen molar-refractivity contribution in [1.29, 1.82) is 0 Å². The molecular weight excluding hydrogens is 194 g/mol. The molecule has 1 fully saturated rings. The summed E-state index contributed by atoms with van der Waals surface area (Å²) in [6.07, 6.45) is 1.15. The zero-order valence-electron chi connectivity index (χ0n) is 8.02. The molecule has 1 saturated heterocycles. The Labute approximate surface area is 88.5 Å². The topological polar surface area (TPSA) is 46.2 Å². The van der Waals surface area contributed by atoms with Gasteiger partial charge in [-0.3, -0.25) is 0 Å². The average Bonchev–Trinajstić information content (AvgIpc) is 2.20. The first-order valence-corrected chi connectivity index (χ1v) is 6.05. The highest BCUT2D eigenvalue weighted by molar-refractivity contribution is 7.99. The van der Waals surface area contributed by atoms with Crippen LogP contribution in [0.4, 0.5) is 0 Å². The second-order valence-corrected chi connectivity index (χ2v) is 4.88. The normalized spacial score (nSPS) is 27.5. The van der Waals surface area contributed by atoms with Crippen LogP contribution in [0, 0.1) is 0 Å². The van der Waals surface area contributed by atoms with Gasteiger partial charge in [0.2, 0.25) is 0 Å². The van der Waals surface area contributed by atoms with Gasteiger partial charge in [0.15, 0.2) is 0 Å². The number of thioether (sulfide) groups is 1. The lowest BCUT2D eigenvalue weighted by molar-refractivity contribution is 0.474. The molecular formula is C11H15NOS. The Morgan fingerprint density at radius 3 is 2.64 bits per heavy atom. The SMILES string of the molecule is NC1CSCCC1c1ccc(O)cc1. The maximum atomic E-state index is 9.19. The molecule has 2 atom stereocenters. The van der Waals surface area contributed by atoms with Gasteiger partial charge in [-0.15, -0.1) is 0 Å². The number of hydrogen-bond acceptors (Lipinski definition) is 3. The van der Waals surface area contributed by atoms with Crippen molar-refractivity contribution >= 4 is 11.8 Å². The standard InChI is InChI=1S/C11H15NOS/c12-11-7-14-6-5-10(11)8-1-3-9(13)4-2-8/h1-4,10-11,13H,5-7,12H2. The lowest BCUT2D eigenvalue weighted by atomic mass is 9.90. The molecule has 2 rings (SSSR count). The summed E-state index contributed by atoms with van der Waals surface area (Å²) in [4.78, 5) is 0. The minimum Gasteiger partial charge on any atom is -0.508 e. The van der Waals surface area contributed by atoms with E-state index in [0.717, 1.165) is 12.2 Å². The predicted molar refractivity (Wildman–Crippen MR) is 60.8 cm³/mol. The summed E-state index contributed by atoms with van der Waals surface area (Å²) >= 11 is 1.93. The number of phenols is 1. The van der Waals surface area contributed by atoms with E-state index in [2.05, 4.69) is 0 Å². The van der Waals surface area contributed by atoms with Crippen LogP contribution in [0.3, 0.4) is 0 Å². The van der Waals surface area contributed by atoms with Gasteiger partial charge in [0, 0.05) is 17.7 Å². The summed E-state index contributed by atoms with van der Waals surface area (Å²) in [5.41, 5.74) is 7.33. The molecule has 0 aliphatic carbocycles. The summed E-state index contributed by atoms with van der Waals surface area (Å²) in [6, 6.07) is 7.71. The minimum absolute atomic E-state index is 0.262. The van der Waals surface area contributed by atoms with Crippen LogP contribution in [0.2, 0.25) is 0 Å². The maximum Gasteiger partial charge on any atom is 0.115 e. The van der Waals surface area contributed by atoms with Gasteiger partial charge in [-0.25, -0.2) is 0 Å². The highest BCUT2D eigenvalue weighted by Gasteiger charge is 2.23. The highest BCUT2D eigenvalue weighted by Crippen LogP contribution is 2.31. The zero-order chi connectivity index (χ0) is 9.97. The second kappa shape index (κ2) is 4.24. The molecule has 0 radical (unpaired) electrons. The van der Waals surface area contributed by atoms with Crippen molar-refractivity contribution in [2.45, 2.75) is 18.4 Å². The molecule has 1 heterocycles. The van der Waals surface area contributed by atoms with Crippen LogP contribution in [-0.2, 0) is 0 Å². The van der Waals surface area contributed by atoms with E-state index in [0.29, 0.717) is 11.7 Å². The molecule has 1 aromatic carbocycles. The van der Waals surface area contributed by atoms with Crippen molar-refractivity contribution in [3.63, 3.8) is 0 Å². The molecule has 0 aromatic heterocycles. The molecule has 0 spiro atoms. The number of benzene rings is 1. The molecule has 76 valence electrons. The first-order chi connectivity index (χ1) is 6.77. The average molecular weight is 209 g/mol. The van der Waals surface area contributed by atoms with E-state index >= 15 is 0 Å². The molecule has 1 aliphatic rings. The van der Waals surface area contributed by atoms with Gasteiger partial charge in [0.25, 0.3) is 0 Å². The monoisotopic (exact) mass is 209 g/mol. The number of hydrogen-bond donors (Lipinski definition) is 2. The van der Waals surface area contributed by atoms with E-state index in [9.17, 15) is 5.11 Å². The minimum atomic E-state index is 0.262. The first-order valence-electron chi connectivity index (χ1n) is 4.89. The quantitative estimate of drug-likeness (QED) is 0.743. The fraction of sp³-hybridized carbons (Fsp3) is 0.455. The highest BCUT2D eigenvalue weighted by atomic mass is 32.2. The summed E-state index contributed by atoms with van der Waals surface area (Å²) in [5.74, 6) is 3.04. The van der Waals surface area contributed by atoms with Crippen LogP contribution < -0.4 is 5.73 Å². The van der Waals surface area contributed by atoms with Crippen molar-refractivity contribution < 1.29 is 5.11 Å². The van der Waals surface area contributed by atoms with Crippen molar-refractivity contribution in [1.82, 2.24) is 0 Å². The van der Waals surface area contributed by atoms with Gasteiger partial charge in [-0.1, -0.05) is 12.1 Å². The van der Waals surface area contributed by atoms with E-state index in [1.807, 2.05) is 23.9 Å². The lowest BCUT2D eigenvalue weighted by Crippen LogP contribution is -2.34. The van der Waals surface area contributed by atoms with Gasteiger partial charge in [-0.2, -0.15) is 11.8 Å². The van der Waals surface area contributed by atoms with Crippen LogP contribution in [0.5, 0.6) is 5.75 Å². The molecule has 0 bridgehead atoms. The van der Waals surface area contributed by atoms with Crippen molar-refractivity contribution in [3.8, 4) is 5.75 Å². The van der Waals surface area contributed by atoms with Crippen LogP contribution in [0.15, 0.2) is 24.3 Å². The third-order valence-corrected chi connectivity index (χ3v) is 3.87. The summed E-state index contributed by atoms with van der Waals surface area (Å²) in [7, 11) is 0. The van der Waals surface area contributed by atoms with Gasteiger partial charge in [0.1, 0.15) is 5.75 Å². The molecule has 0 saturated carbocycles. The molecule has 3 N–H and O–H groups in total. The third-order valence-electron chi connectivity index (χ3n) is 2.72. The third kappa shape index (κ3) is 2.04. The van der Waals surface area contributed by atoms with Crippen LogP contribution in [0.1, 0.15) is 17.9 Å². The Kier molecular flexibility index (Phi) is 2.99. The van der Waals surface area contributed by atoms with Crippen molar-refractivity contribution in [2.24, 2.45) is 5.73 Å². The molecule has 1 aliphatic heterocycles. The van der Waals surface area contributed by atoms with Crippen LogP contribution in [-0.4, -0.2) is 22.7 Å². The van der Waals surface area contributed by atoms with E-state index in [-0.39, 0.29) is 6.04 Å². The molecule has 1 aromatic rings. The van der Waals surface area contributed by atoms with Crippen molar-refractivity contribution in [3.05, 3.63) is 29.8 Å². The number of aromatic hydroxyl groups is 1. The summed E-state index contributed by atoms with van der Waals surface area (Å²) in [6.45, 7) is 0. The zero-order valence-corrected chi connectivity index (χ0v) is 8.83. The summed E-state index contributed by atoms with van der Waals surface area (Å²) < 4.78 is 0. The smallest absolute Gasteiger partial charge is 0.115 e. The van der Waals surface area contributed by atoms with Crippen molar-refractivity contribution in [2.75, 3.05) is 11.5 Å². The fourth-order valence-corrected chi connectivity index (χ4v) is 2.99. The number of rotatable bonds is 1. The molecule has 0 amide bonds. The molecule has 2 nitrogen and oxygen atoms in total. The Hall–Kier alpha value is -0.670. The lowest BCUT2D eigenvalue weighted by Gasteiger charge is -2.28. The number of phenolic OH excluding ortho intramolecular Hbond substituents is 1. The Morgan fingerprint density at radius 1 is 1.29 bits per heavy atom. The van der Waals surface area contributed by atoms with Crippen LogP contribution in [0.25, 0.3) is 0 Å². The van der Waals surface area contributed by atoms with Gasteiger partial charge < -0.3 is 10.8 Å². The Morgan fingerprint density at radius 2 is 2.00 bits per heavy atom. The maximum absolute atomic E-state index is 9.19. The second-order valence-electron chi connectivity index (χ2n) is 3.73. The van der Waals surface area contributed by atoms with E-state index in [4.69, 9.17) is 5.73 Å². The Bertz CT molecular complexity index is 299. The van der Waals surface area contributed by atoms with Gasteiger partial charge in [-0.05, 0) is 29.9 Å². The molecule has 14 heavy (non-hydrogen) atoms. The van der Waals surface area contributed by atoms with Gasteiger partial charge >= 0.3 is 0 Å². The largest absolute Gasteiger partial charge is 0.508 e. The summed E-state index contributed by atoms with van der Waals surface area (Å²) in [5, 5.41) is 9.19. The molecule has 2 unspecified atom stereocenters. The van der Waals surface area contributed by atoms with Crippen LogP contribution >= 0.6 is 11.8 Å². The fourth-order valence-electron chi connectivity index (χ4n) is 1.90.